The van der Waals surface area contributed by atoms with Crippen LogP contribution in [-0.4, -0.2) is 37.2 Å². The average Bonchev–Trinajstić information content (AvgIpc) is 3.09. The van der Waals surface area contributed by atoms with Gasteiger partial charge in [-0.25, -0.2) is 4.79 Å². The number of benzene rings is 2. The molecule has 0 saturated carbocycles. The predicted molar refractivity (Wildman–Crippen MR) is 115 cm³/mol. The molecular formula is C20H24BrN3OS. The molecule has 1 saturated heterocycles. The Morgan fingerprint density at radius 1 is 1.23 bits per heavy atom. The smallest absolute Gasteiger partial charge is 0.319 e. The summed E-state index contributed by atoms with van der Waals surface area (Å²) in [6.07, 6.45) is 4.11. The van der Waals surface area contributed by atoms with Crippen molar-refractivity contribution in [1.29, 1.82) is 0 Å². The first-order valence-electron chi connectivity index (χ1n) is 8.80. The average molecular weight is 434 g/mol. The Hall–Kier alpha value is -1.66. The van der Waals surface area contributed by atoms with E-state index >= 15 is 0 Å². The van der Waals surface area contributed by atoms with Gasteiger partial charge in [-0.3, -0.25) is 0 Å². The van der Waals surface area contributed by atoms with Crippen molar-refractivity contribution in [2.75, 3.05) is 35.3 Å². The van der Waals surface area contributed by atoms with Crippen molar-refractivity contribution < 1.29 is 4.79 Å². The van der Waals surface area contributed by atoms with Crippen LogP contribution in [0, 0.1) is 0 Å². The lowest BCUT2D eigenvalue weighted by Crippen LogP contribution is -2.39. The Balaban J connectivity index is 1.49. The highest BCUT2D eigenvalue weighted by Gasteiger charge is 2.25. The number of urea groups is 1. The molecule has 1 atom stereocenters. The van der Waals surface area contributed by atoms with Crippen molar-refractivity contribution in [1.82, 2.24) is 5.32 Å². The van der Waals surface area contributed by atoms with Crippen LogP contribution in [0.5, 0.6) is 0 Å². The molecule has 0 spiro atoms. The minimum atomic E-state index is -0.138. The maximum Gasteiger partial charge on any atom is 0.319 e. The van der Waals surface area contributed by atoms with Crippen molar-refractivity contribution in [3.8, 4) is 0 Å². The Morgan fingerprint density at radius 2 is 2.00 bits per heavy atom. The molecule has 138 valence electrons. The van der Waals surface area contributed by atoms with E-state index in [0.717, 1.165) is 41.8 Å². The predicted octanol–water partition coefficient (Wildman–Crippen LogP) is 4.76. The Bertz CT molecular complexity index is 738. The molecule has 1 aliphatic rings. The second-order valence-corrected chi connectivity index (χ2v) is 8.26. The highest BCUT2D eigenvalue weighted by atomic mass is 79.9. The number of carbonyl (C=O) groups is 1. The van der Waals surface area contributed by atoms with E-state index in [-0.39, 0.29) is 12.1 Å². The zero-order valence-corrected chi connectivity index (χ0v) is 17.3. The lowest BCUT2D eigenvalue weighted by molar-refractivity contribution is 0.249. The van der Waals surface area contributed by atoms with Gasteiger partial charge in [-0.2, -0.15) is 11.8 Å². The van der Waals surface area contributed by atoms with Crippen LogP contribution in [0.25, 0.3) is 0 Å². The minimum absolute atomic E-state index is 0.138. The summed E-state index contributed by atoms with van der Waals surface area (Å²) in [5, 5.41) is 6.02. The van der Waals surface area contributed by atoms with E-state index in [2.05, 4.69) is 55.9 Å². The third-order valence-corrected chi connectivity index (χ3v) is 5.81. The van der Waals surface area contributed by atoms with E-state index in [9.17, 15) is 4.79 Å². The summed E-state index contributed by atoms with van der Waals surface area (Å²) < 4.78 is 1.09. The number of hydrogen-bond donors (Lipinski definition) is 2. The lowest BCUT2D eigenvalue weighted by atomic mass is 10.1. The number of nitrogens with one attached hydrogen (secondary N) is 2. The van der Waals surface area contributed by atoms with Crippen molar-refractivity contribution in [3.05, 3.63) is 58.6 Å². The SMILES string of the molecule is CSCCc1ccc(NC(=O)NC2CCN(c3ccccc3Br)C2)cc1. The largest absolute Gasteiger partial charge is 0.368 e. The third-order valence-electron chi connectivity index (χ3n) is 4.52. The molecule has 1 aliphatic heterocycles. The van der Waals surface area contributed by atoms with E-state index in [1.54, 1.807) is 0 Å². The molecule has 0 bridgehead atoms. The molecule has 2 aromatic carbocycles. The normalized spacial score (nSPS) is 16.5. The van der Waals surface area contributed by atoms with Gasteiger partial charge in [-0.1, -0.05) is 24.3 Å². The van der Waals surface area contributed by atoms with Gasteiger partial charge >= 0.3 is 6.03 Å². The van der Waals surface area contributed by atoms with Gasteiger partial charge in [0.05, 0.1) is 5.69 Å². The summed E-state index contributed by atoms with van der Waals surface area (Å²) in [6.45, 7) is 1.77. The van der Waals surface area contributed by atoms with E-state index in [1.165, 1.54) is 11.3 Å². The number of hydrogen-bond acceptors (Lipinski definition) is 3. The summed E-state index contributed by atoms with van der Waals surface area (Å²) in [5.74, 6) is 1.11. The summed E-state index contributed by atoms with van der Waals surface area (Å²) in [4.78, 5) is 14.6. The van der Waals surface area contributed by atoms with Gasteiger partial charge in [0.2, 0.25) is 0 Å². The van der Waals surface area contributed by atoms with Gasteiger partial charge in [0.1, 0.15) is 0 Å². The molecule has 0 aliphatic carbocycles. The minimum Gasteiger partial charge on any atom is -0.368 e. The fourth-order valence-corrected chi connectivity index (χ4v) is 4.11. The molecule has 2 N–H and O–H groups in total. The standard InChI is InChI=1S/C20H24BrN3OS/c1-26-13-11-15-6-8-16(9-7-15)22-20(25)23-17-10-12-24(14-17)19-5-3-2-4-18(19)21/h2-9,17H,10-14H2,1H3,(H2,22,23,25). The van der Waals surface area contributed by atoms with Crippen LogP contribution in [0.1, 0.15) is 12.0 Å². The highest BCUT2D eigenvalue weighted by Crippen LogP contribution is 2.28. The van der Waals surface area contributed by atoms with Crippen LogP contribution in [0.4, 0.5) is 16.2 Å². The maximum atomic E-state index is 12.3. The van der Waals surface area contributed by atoms with Crippen molar-refractivity contribution >= 4 is 45.1 Å². The quantitative estimate of drug-likeness (QED) is 0.690. The van der Waals surface area contributed by atoms with Crippen LogP contribution >= 0.6 is 27.7 Å². The van der Waals surface area contributed by atoms with E-state index < -0.39 is 0 Å². The van der Waals surface area contributed by atoms with Gasteiger partial charge in [-0.15, -0.1) is 0 Å². The fraction of sp³-hybridized carbons (Fsp3) is 0.350. The number of carbonyl (C=O) groups excluding carboxylic acids is 1. The van der Waals surface area contributed by atoms with Crippen molar-refractivity contribution in [2.24, 2.45) is 0 Å². The fourth-order valence-electron chi connectivity index (χ4n) is 3.13. The van der Waals surface area contributed by atoms with Crippen molar-refractivity contribution in [2.45, 2.75) is 18.9 Å². The number of aryl methyl sites for hydroxylation is 1. The number of para-hydroxylation sites is 1. The Morgan fingerprint density at radius 3 is 2.73 bits per heavy atom. The molecule has 2 amide bonds. The highest BCUT2D eigenvalue weighted by molar-refractivity contribution is 9.10. The van der Waals surface area contributed by atoms with Gasteiger partial charge < -0.3 is 15.5 Å². The second-order valence-electron chi connectivity index (χ2n) is 6.42. The van der Waals surface area contributed by atoms with Crippen LogP contribution in [0.3, 0.4) is 0 Å². The molecule has 3 rings (SSSR count). The monoisotopic (exact) mass is 433 g/mol. The van der Waals surface area contributed by atoms with Crippen molar-refractivity contribution in [3.63, 3.8) is 0 Å². The zero-order valence-electron chi connectivity index (χ0n) is 14.9. The summed E-state index contributed by atoms with van der Waals surface area (Å²) in [6, 6.07) is 16.3. The van der Waals surface area contributed by atoms with E-state index in [1.807, 2.05) is 42.1 Å². The van der Waals surface area contributed by atoms with E-state index in [0.29, 0.717) is 0 Å². The molecular weight excluding hydrogens is 410 g/mol. The van der Waals surface area contributed by atoms with Gasteiger partial charge in [-0.05, 0) is 70.6 Å². The molecule has 1 unspecified atom stereocenters. The molecule has 1 heterocycles. The molecule has 0 radical (unpaired) electrons. The van der Waals surface area contributed by atoms with Gasteiger partial charge in [0.15, 0.2) is 0 Å². The molecule has 4 nitrogen and oxygen atoms in total. The summed E-state index contributed by atoms with van der Waals surface area (Å²) in [7, 11) is 0. The summed E-state index contributed by atoms with van der Waals surface area (Å²) >= 11 is 5.44. The molecule has 2 aromatic rings. The number of halogens is 1. The van der Waals surface area contributed by atoms with Crippen LogP contribution < -0.4 is 15.5 Å². The first-order valence-corrected chi connectivity index (χ1v) is 11.0. The first kappa shape index (κ1) is 19.1. The number of nitrogens with zero attached hydrogens (tertiary/aromatic N) is 1. The van der Waals surface area contributed by atoms with Crippen LogP contribution in [0.15, 0.2) is 53.0 Å². The number of thioether (sulfide) groups is 1. The molecule has 0 aromatic heterocycles. The van der Waals surface area contributed by atoms with Crippen LogP contribution in [-0.2, 0) is 6.42 Å². The molecule has 6 heteroatoms. The van der Waals surface area contributed by atoms with Gasteiger partial charge in [0.25, 0.3) is 0 Å². The molecule has 1 fully saturated rings. The number of amides is 2. The Labute approximate surface area is 167 Å². The van der Waals surface area contributed by atoms with Gasteiger partial charge in [0, 0.05) is 29.3 Å². The third kappa shape index (κ3) is 5.17. The van der Waals surface area contributed by atoms with E-state index in [4.69, 9.17) is 0 Å². The second kappa shape index (κ2) is 9.33. The lowest BCUT2D eigenvalue weighted by Gasteiger charge is -2.20. The topological polar surface area (TPSA) is 44.4 Å². The number of anilines is 2. The van der Waals surface area contributed by atoms with Crippen LogP contribution in [0.2, 0.25) is 0 Å². The summed E-state index contributed by atoms with van der Waals surface area (Å²) in [5.41, 5.74) is 3.30. The Kier molecular flexibility index (Phi) is 6.86. The number of rotatable bonds is 6. The zero-order chi connectivity index (χ0) is 18.4. The molecule has 26 heavy (non-hydrogen) atoms. The maximum absolute atomic E-state index is 12.3. The first-order chi connectivity index (χ1) is 12.7.